The molecule has 0 atom stereocenters. The second-order valence-electron chi connectivity index (χ2n) is 3.22. The molecule has 0 aromatic heterocycles. The maximum Gasteiger partial charge on any atom is 0.251 e. The van der Waals surface area contributed by atoms with Gasteiger partial charge in [-0.05, 0) is 30.0 Å². The average Bonchev–Trinajstić information content (AvgIpc) is 2.29. The molecular weight excluding hydrogens is 229 g/mol. The number of halogens is 1. The van der Waals surface area contributed by atoms with Gasteiger partial charge >= 0.3 is 0 Å². The summed E-state index contributed by atoms with van der Waals surface area (Å²) in [5, 5.41) is 11.1. The third-order valence-corrected chi connectivity index (χ3v) is 2.60. The molecule has 0 radical (unpaired) electrons. The molecule has 5 heteroatoms. The van der Waals surface area contributed by atoms with Crippen molar-refractivity contribution in [3.63, 3.8) is 0 Å². The Morgan fingerprint density at radius 3 is 2.94 bits per heavy atom. The van der Waals surface area contributed by atoms with E-state index >= 15 is 0 Å². The number of hydrogen-bond donors (Lipinski definition) is 2. The second-order valence-corrected chi connectivity index (χ2v) is 4.08. The maximum absolute atomic E-state index is 13.3. The van der Waals surface area contributed by atoms with E-state index in [0.717, 1.165) is 0 Å². The fourth-order valence-corrected chi connectivity index (χ4v) is 1.79. The zero-order valence-corrected chi connectivity index (χ0v) is 9.81. The minimum Gasteiger partial charge on any atom is -0.395 e. The molecule has 0 spiro atoms. The minimum atomic E-state index is -0.298. The van der Waals surface area contributed by atoms with Crippen molar-refractivity contribution in [3.8, 4) is 0 Å². The molecule has 1 rings (SSSR count). The highest BCUT2D eigenvalue weighted by molar-refractivity contribution is 7.97. The smallest absolute Gasteiger partial charge is 0.251 e. The summed E-state index contributed by atoms with van der Waals surface area (Å²) in [6.07, 6.45) is 1.87. The molecule has 0 aliphatic carbocycles. The van der Waals surface area contributed by atoms with Crippen LogP contribution < -0.4 is 5.32 Å². The van der Waals surface area contributed by atoms with Gasteiger partial charge in [-0.25, -0.2) is 4.39 Å². The Balaban J connectivity index is 2.81. The highest BCUT2D eigenvalue weighted by Gasteiger charge is 2.08. The quantitative estimate of drug-likeness (QED) is 0.822. The van der Waals surface area contributed by atoms with Crippen molar-refractivity contribution in [2.75, 3.05) is 19.4 Å². The Kier molecular flexibility index (Phi) is 5.28. The number of aliphatic hydroxyl groups excluding tert-OH is 1. The van der Waals surface area contributed by atoms with Gasteiger partial charge in [-0.1, -0.05) is 0 Å². The third-order valence-electron chi connectivity index (χ3n) is 2.01. The first-order valence-corrected chi connectivity index (χ1v) is 6.25. The van der Waals surface area contributed by atoms with Crippen LogP contribution in [0.1, 0.15) is 15.9 Å². The lowest BCUT2D eigenvalue weighted by Crippen LogP contribution is -2.26. The van der Waals surface area contributed by atoms with E-state index in [1.165, 1.54) is 23.9 Å². The van der Waals surface area contributed by atoms with E-state index in [0.29, 0.717) is 16.9 Å². The van der Waals surface area contributed by atoms with Gasteiger partial charge in [-0.15, -0.1) is 0 Å². The topological polar surface area (TPSA) is 49.3 Å². The number of thioether (sulfide) groups is 1. The summed E-state index contributed by atoms with van der Waals surface area (Å²) >= 11 is 1.50. The first kappa shape index (κ1) is 13.0. The normalized spacial score (nSPS) is 10.2. The fourth-order valence-electron chi connectivity index (χ4n) is 1.25. The van der Waals surface area contributed by atoms with Gasteiger partial charge in [-0.2, -0.15) is 11.8 Å². The Hall–Kier alpha value is -1.07. The van der Waals surface area contributed by atoms with Gasteiger partial charge in [-0.3, -0.25) is 4.79 Å². The molecular formula is C11H14FNO2S. The van der Waals surface area contributed by atoms with Crippen LogP contribution in [-0.2, 0) is 5.75 Å². The molecule has 0 heterocycles. The van der Waals surface area contributed by atoms with E-state index in [1.807, 2.05) is 6.26 Å². The fraction of sp³-hybridized carbons (Fsp3) is 0.364. The molecule has 1 aromatic rings. The summed E-state index contributed by atoms with van der Waals surface area (Å²) in [7, 11) is 0. The van der Waals surface area contributed by atoms with E-state index in [1.54, 1.807) is 6.07 Å². The van der Waals surface area contributed by atoms with Gasteiger partial charge in [0.1, 0.15) is 5.82 Å². The molecule has 0 bridgehead atoms. The van der Waals surface area contributed by atoms with E-state index in [4.69, 9.17) is 5.11 Å². The summed E-state index contributed by atoms with van der Waals surface area (Å²) < 4.78 is 13.3. The first-order valence-electron chi connectivity index (χ1n) is 4.85. The summed E-state index contributed by atoms with van der Waals surface area (Å²) in [6, 6.07) is 4.27. The molecule has 0 saturated carbocycles. The van der Waals surface area contributed by atoms with Crippen molar-refractivity contribution in [2.45, 2.75) is 5.75 Å². The average molecular weight is 243 g/mol. The van der Waals surface area contributed by atoms with Crippen LogP contribution in [0.4, 0.5) is 4.39 Å². The molecule has 16 heavy (non-hydrogen) atoms. The van der Waals surface area contributed by atoms with Crippen molar-refractivity contribution in [1.29, 1.82) is 0 Å². The van der Waals surface area contributed by atoms with Crippen LogP contribution in [0.2, 0.25) is 0 Å². The highest BCUT2D eigenvalue weighted by Crippen LogP contribution is 2.15. The second kappa shape index (κ2) is 6.50. The van der Waals surface area contributed by atoms with Gasteiger partial charge < -0.3 is 10.4 Å². The lowest BCUT2D eigenvalue weighted by Gasteiger charge is -2.06. The Labute approximate surface area is 98.1 Å². The molecule has 3 nitrogen and oxygen atoms in total. The molecule has 88 valence electrons. The Morgan fingerprint density at radius 2 is 2.31 bits per heavy atom. The summed E-state index contributed by atoms with van der Waals surface area (Å²) in [5.74, 6) is -0.0584. The van der Waals surface area contributed by atoms with E-state index < -0.39 is 0 Å². The number of carbonyl (C=O) groups is 1. The van der Waals surface area contributed by atoms with Crippen LogP contribution in [0, 0.1) is 5.82 Å². The monoisotopic (exact) mass is 243 g/mol. The Bertz CT molecular complexity index is 371. The summed E-state index contributed by atoms with van der Waals surface area (Å²) in [6.45, 7) is 0.0959. The number of nitrogens with one attached hydrogen (secondary N) is 1. The zero-order valence-electron chi connectivity index (χ0n) is 9.00. The van der Waals surface area contributed by atoms with Gasteiger partial charge in [0.15, 0.2) is 0 Å². The van der Waals surface area contributed by atoms with E-state index in [9.17, 15) is 9.18 Å². The van der Waals surface area contributed by atoms with Gasteiger partial charge in [0, 0.05) is 17.9 Å². The standard InChI is InChI=1S/C11H14FNO2S/c1-16-7-9-6-8(2-3-10(9)12)11(15)13-4-5-14/h2-3,6,14H,4-5,7H2,1H3,(H,13,15). The van der Waals surface area contributed by atoms with Crippen molar-refractivity contribution in [2.24, 2.45) is 0 Å². The molecule has 0 aliphatic rings. The number of aliphatic hydroxyl groups is 1. The van der Waals surface area contributed by atoms with Crippen molar-refractivity contribution < 1.29 is 14.3 Å². The predicted octanol–water partition coefficient (Wildman–Crippen LogP) is 1.41. The SMILES string of the molecule is CSCc1cc(C(=O)NCCO)ccc1F. The first-order chi connectivity index (χ1) is 7.69. The maximum atomic E-state index is 13.3. The molecule has 0 unspecified atom stereocenters. The molecule has 1 aromatic carbocycles. The number of benzene rings is 1. The molecule has 2 N–H and O–H groups in total. The molecule has 0 fully saturated rings. The van der Waals surface area contributed by atoms with E-state index in [2.05, 4.69) is 5.32 Å². The number of rotatable bonds is 5. The zero-order chi connectivity index (χ0) is 12.0. The minimum absolute atomic E-state index is 0.107. The predicted molar refractivity (Wildman–Crippen MR) is 63.0 cm³/mol. The Morgan fingerprint density at radius 1 is 1.56 bits per heavy atom. The van der Waals surface area contributed by atoms with Crippen LogP contribution in [0.15, 0.2) is 18.2 Å². The molecule has 0 aliphatic heterocycles. The lowest BCUT2D eigenvalue weighted by molar-refractivity contribution is 0.0944. The molecule has 0 saturated heterocycles. The van der Waals surface area contributed by atoms with Crippen molar-refractivity contribution in [3.05, 3.63) is 35.1 Å². The van der Waals surface area contributed by atoms with Gasteiger partial charge in [0.2, 0.25) is 0 Å². The van der Waals surface area contributed by atoms with Gasteiger partial charge in [0.05, 0.1) is 6.61 Å². The lowest BCUT2D eigenvalue weighted by atomic mass is 10.1. The largest absolute Gasteiger partial charge is 0.395 e. The van der Waals surface area contributed by atoms with Crippen LogP contribution in [0.3, 0.4) is 0 Å². The summed E-state index contributed by atoms with van der Waals surface area (Å²) in [5.41, 5.74) is 0.933. The molecule has 1 amide bonds. The van der Waals surface area contributed by atoms with Crippen molar-refractivity contribution >= 4 is 17.7 Å². The van der Waals surface area contributed by atoms with Crippen LogP contribution >= 0.6 is 11.8 Å². The van der Waals surface area contributed by atoms with Crippen LogP contribution in [0.5, 0.6) is 0 Å². The number of amides is 1. The van der Waals surface area contributed by atoms with Crippen LogP contribution in [0.25, 0.3) is 0 Å². The van der Waals surface area contributed by atoms with E-state index in [-0.39, 0.29) is 24.9 Å². The van der Waals surface area contributed by atoms with Crippen molar-refractivity contribution in [1.82, 2.24) is 5.32 Å². The number of hydrogen-bond acceptors (Lipinski definition) is 3. The number of carbonyl (C=O) groups excluding carboxylic acids is 1. The van der Waals surface area contributed by atoms with Gasteiger partial charge in [0.25, 0.3) is 5.91 Å². The summed E-state index contributed by atoms with van der Waals surface area (Å²) in [4.78, 5) is 11.5. The van der Waals surface area contributed by atoms with Crippen LogP contribution in [-0.4, -0.2) is 30.4 Å². The highest BCUT2D eigenvalue weighted by atomic mass is 32.2. The third kappa shape index (κ3) is 3.50.